The summed E-state index contributed by atoms with van der Waals surface area (Å²) in [6.45, 7) is 22.6. The quantitative estimate of drug-likeness (QED) is 0.171. The largest absolute Gasteiger partial charge is 0.443 e. The number of carbonyl (C=O) groups excluding carboxylic acids is 2. The maximum absolute atomic E-state index is 13.4. The van der Waals surface area contributed by atoms with E-state index in [0.29, 0.717) is 18.2 Å². The summed E-state index contributed by atoms with van der Waals surface area (Å²) in [5.41, 5.74) is -0.957. The second-order valence-electron chi connectivity index (χ2n) is 18.5. The molecule has 3 aromatic carbocycles. The van der Waals surface area contributed by atoms with Gasteiger partial charge in [-0.3, -0.25) is 4.90 Å². The average Bonchev–Trinajstić information content (AvgIpc) is 3.49. The van der Waals surface area contributed by atoms with E-state index in [1.165, 1.54) is 10.4 Å². The van der Waals surface area contributed by atoms with Gasteiger partial charge in [-0.05, 0) is 125 Å². The third-order valence-corrected chi connectivity index (χ3v) is 16.3. The first-order valence-electron chi connectivity index (χ1n) is 19.7. The van der Waals surface area contributed by atoms with Crippen molar-refractivity contribution in [2.75, 3.05) is 31.2 Å². The molecule has 2 aliphatic rings. The molecule has 2 saturated heterocycles. The molecule has 11 heteroatoms. The maximum Gasteiger partial charge on any atom is 0.425 e. The summed E-state index contributed by atoms with van der Waals surface area (Å²) in [6.07, 6.45) is 1.57. The zero-order valence-electron chi connectivity index (χ0n) is 34.6. The monoisotopic (exact) mass is 799 g/mol. The molecular formula is C45H58ClN3O6Si. The molecule has 0 radical (unpaired) electrons. The number of aromatic nitrogens is 1. The van der Waals surface area contributed by atoms with Crippen LogP contribution < -0.4 is 15.3 Å². The van der Waals surface area contributed by atoms with Crippen LogP contribution in [-0.2, 0) is 18.6 Å². The number of ether oxygens (including phenoxy) is 3. The van der Waals surface area contributed by atoms with Crippen molar-refractivity contribution in [3.05, 3.63) is 95.6 Å². The lowest BCUT2D eigenvalue weighted by Crippen LogP contribution is -2.70. The van der Waals surface area contributed by atoms with Gasteiger partial charge in [0.2, 0.25) is 0 Å². The number of likely N-dealkylation sites (tertiary alicyclic amines) is 1. The Labute approximate surface area is 338 Å². The molecular weight excluding hydrogens is 742 g/mol. The number of anilines is 1. The number of halogens is 1. The Hall–Kier alpha value is -3.80. The summed E-state index contributed by atoms with van der Waals surface area (Å²) in [7, 11) is -2.81. The Balaban J connectivity index is 1.26. The number of imide groups is 1. The minimum Gasteiger partial charge on any atom is -0.443 e. The highest BCUT2D eigenvalue weighted by molar-refractivity contribution is 6.99. The molecule has 0 bridgehead atoms. The van der Waals surface area contributed by atoms with E-state index in [0.717, 1.165) is 47.2 Å². The molecule has 0 aliphatic carbocycles. The van der Waals surface area contributed by atoms with Crippen LogP contribution in [0, 0.1) is 0 Å². The van der Waals surface area contributed by atoms with E-state index in [1.807, 2.05) is 6.07 Å². The zero-order valence-corrected chi connectivity index (χ0v) is 36.4. The number of carbonyl (C=O) groups is 2. The zero-order chi connectivity index (χ0) is 40.7. The van der Waals surface area contributed by atoms with Crippen molar-refractivity contribution in [3.8, 4) is 0 Å². The number of piperidine rings is 1. The van der Waals surface area contributed by atoms with E-state index in [4.69, 9.17) is 30.2 Å². The molecule has 3 heterocycles. The molecule has 2 unspecified atom stereocenters. The highest BCUT2D eigenvalue weighted by atomic mass is 35.5. The van der Waals surface area contributed by atoms with Crippen LogP contribution in [0.2, 0.25) is 10.1 Å². The first-order valence-corrected chi connectivity index (χ1v) is 22.0. The van der Waals surface area contributed by atoms with Crippen molar-refractivity contribution in [3.63, 3.8) is 0 Å². The van der Waals surface area contributed by atoms with Crippen molar-refractivity contribution >= 4 is 59.1 Å². The van der Waals surface area contributed by atoms with Gasteiger partial charge >= 0.3 is 12.2 Å². The number of benzene rings is 3. The summed E-state index contributed by atoms with van der Waals surface area (Å²) >= 11 is 7.00. The predicted molar refractivity (Wildman–Crippen MR) is 227 cm³/mol. The fourth-order valence-corrected chi connectivity index (χ4v) is 13.3. The van der Waals surface area contributed by atoms with Crippen LogP contribution >= 0.6 is 11.6 Å². The SMILES string of the molecule is CC(C)(C)OC(=O)N(C(=O)OC(C)(C)C)c1cc2cc(C3CCN(C4(C)COCC4O[Si](c4ccccc4)(c4ccccc4)C(C)(C)C)CC3)c(Cl)cc2cn1. The number of hydrogen-bond acceptors (Lipinski definition) is 8. The Morgan fingerprint density at radius 2 is 1.36 bits per heavy atom. The highest BCUT2D eigenvalue weighted by Crippen LogP contribution is 2.43. The average molecular weight is 801 g/mol. The molecule has 0 N–H and O–H groups in total. The fourth-order valence-electron chi connectivity index (χ4n) is 8.19. The summed E-state index contributed by atoms with van der Waals surface area (Å²) in [5.74, 6) is 0.319. The highest BCUT2D eigenvalue weighted by Gasteiger charge is 2.56. The third kappa shape index (κ3) is 8.70. The van der Waals surface area contributed by atoms with E-state index in [1.54, 1.807) is 53.8 Å². The molecule has 300 valence electrons. The number of pyridine rings is 1. The van der Waals surface area contributed by atoms with Crippen LogP contribution in [0.1, 0.15) is 93.6 Å². The van der Waals surface area contributed by atoms with Crippen molar-refractivity contribution in [1.82, 2.24) is 9.88 Å². The summed E-state index contributed by atoms with van der Waals surface area (Å²) in [6, 6.07) is 27.3. The summed E-state index contributed by atoms with van der Waals surface area (Å²) < 4.78 is 25.2. The number of nitrogens with zero attached hydrogens (tertiary/aromatic N) is 3. The van der Waals surface area contributed by atoms with Crippen LogP contribution in [0.25, 0.3) is 10.8 Å². The molecule has 2 amide bonds. The van der Waals surface area contributed by atoms with Gasteiger partial charge in [0, 0.05) is 16.6 Å². The minimum atomic E-state index is -2.81. The molecule has 0 spiro atoms. The fraction of sp³-hybridized carbons (Fsp3) is 0.489. The van der Waals surface area contributed by atoms with Crippen molar-refractivity contribution in [2.24, 2.45) is 0 Å². The van der Waals surface area contributed by atoms with E-state index in [-0.39, 0.29) is 28.4 Å². The lowest BCUT2D eigenvalue weighted by molar-refractivity contribution is 0.00484. The van der Waals surface area contributed by atoms with Crippen LogP contribution in [0.5, 0.6) is 0 Å². The van der Waals surface area contributed by atoms with Gasteiger partial charge in [-0.25, -0.2) is 14.6 Å². The lowest BCUT2D eigenvalue weighted by Gasteiger charge is -2.50. The van der Waals surface area contributed by atoms with Gasteiger partial charge in [0.15, 0.2) is 0 Å². The first kappa shape index (κ1) is 41.8. The van der Waals surface area contributed by atoms with Gasteiger partial charge < -0.3 is 18.6 Å². The maximum atomic E-state index is 13.4. The van der Waals surface area contributed by atoms with E-state index in [2.05, 4.69) is 104 Å². The van der Waals surface area contributed by atoms with Gasteiger partial charge in [-0.15, -0.1) is 0 Å². The number of hydrogen-bond donors (Lipinski definition) is 0. The summed E-state index contributed by atoms with van der Waals surface area (Å²) in [4.78, 5) is 34.6. The predicted octanol–water partition coefficient (Wildman–Crippen LogP) is 9.48. The third-order valence-electron chi connectivity index (χ3n) is 11.0. The number of rotatable bonds is 7. The van der Waals surface area contributed by atoms with E-state index in [9.17, 15) is 9.59 Å². The van der Waals surface area contributed by atoms with Gasteiger partial charge in [0.25, 0.3) is 8.32 Å². The van der Waals surface area contributed by atoms with Crippen LogP contribution in [-0.4, -0.2) is 79.5 Å². The second-order valence-corrected chi connectivity index (χ2v) is 23.1. The molecule has 2 fully saturated rings. The second kappa shape index (κ2) is 15.9. The first-order chi connectivity index (χ1) is 26.2. The van der Waals surface area contributed by atoms with Crippen molar-refractivity contribution < 1.29 is 28.2 Å². The van der Waals surface area contributed by atoms with Crippen LogP contribution in [0.15, 0.2) is 85.1 Å². The topological polar surface area (TPSA) is 90.4 Å². The van der Waals surface area contributed by atoms with Crippen LogP contribution in [0.3, 0.4) is 0 Å². The number of fused-ring (bicyclic) bond motifs is 1. The standard InChI is InChI=1S/C45H58ClN3O6Si/c1-42(2,3)53-40(50)49(41(51)54-43(4,5)6)39-27-32-25-36(37(46)26-33(32)28-47-39)31-21-23-48(24-22-31)45(10)30-52-29-38(45)55-56(44(7,8)9,34-17-13-11-14-18-34)35-19-15-12-16-20-35/h11-20,25-28,31,38H,21-24,29-30H2,1-10H3. The van der Waals surface area contributed by atoms with Crippen LogP contribution in [0.4, 0.5) is 15.4 Å². The molecule has 1 aromatic heterocycles. The minimum absolute atomic E-state index is 0.116. The van der Waals surface area contributed by atoms with Gasteiger partial charge in [0.1, 0.15) is 17.0 Å². The normalized spacial score (nSPS) is 20.2. The Kier molecular flexibility index (Phi) is 11.8. The lowest BCUT2D eigenvalue weighted by atomic mass is 9.85. The van der Waals surface area contributed by atoms with Gasteiger partial charge in [-0.1, -0.05) is 93.0 Å². The molecule has 2 aliphatic heterocycles. The molecule has 4 aromatic rings. The molecule has 9 nitrogen and oxygen atoms in total. The van der Waals surface area contributed by atoms with Gasteiger partial charge in [0.05, 0.1) is 24.9 Å². The molecule has 56 heavy (non-hydrogen) atoms. The Bertz CT molecular complexity index is 1950. The molecule has 6 rings (SSSR count). The van der Waals surface area contributed by atoms with Crippen molar-refractivity contribution in [2.45, 2.75) is 116 Å². The van der Waals surface area contributed by atoms with Crippen molar-refractivity contribution in [1.29, 1.82) is 0 Å². The molecule has 0 saturated carbocycles. The van der Waals surface area contributed by atoms with E-state index < -0.39 is 31.7 Å². The Morgan fingerprint density at radius 3 is 1.86 bits per heavy atom. The number of amides is 2. The smallest absolute Gasteiger partial charge is 0.425 e. The Morgan fingerprint density at radius 1 is 0.821 bits per heavy atom. The summed E-state index contributed by atoms with van der Waals surface area (Å²) in [5, 5.41) is 4.65. The van der Waals surface area contributed by atoms with E-state index >= 15 is 0 Å². The van der Waals surface area contributed by atoms with Gasteiger partial charge in [-0.2, -0.15) is 4.90 Å². The molecule has 2 atom stereocenters.